The summed E-state index contributed by atoms with van der Waals surface area (Å²) in [6.45, 7) is 0.239. The molecule has 0 bridgehead atoms. The Hall–Kier alpha value is -2.78. The Bertz CT molecular complexity index is 1060. The van der Waals surface area contributed by atoms with Crippen molar-refractivity contribution in [1.82, 2.24) is 15.4 Å². The molecule has 0 unspecified atom stereocenters. The second kappa shape index (κ2) is 10.5. The zero-order valence-corrected chi connectivity index (χ0v) is 17.9. The number of carbonyl (C=O) groups excluding carboxylic acids is 2. The number of hydrogen-bond donors (Lipinski definition) is 3. The van der Waals surface area contributed by atoms with E-state index in [0.29, 0.717) is 0 Å². The lowest BCUT2D eigenvalue weighted by atomic mass is 9.92. The summed E-state index contributed by atoms with van der Waals surface area (Å²) in [5, 5.41) is 5.11. The van der Waals surface area contributed by atoms with Gasteiger partial charge in [0, 0.05) is 26.1 Å². The summed E-state index contributed by atoms with van der Waals surface area (Å²) in [6, 6.07) is 10.8. The van der Waals surface area contributed by atoms with Gasteiger partial charge in [-0.05, 0) is 61.1 Å². The average molecular weight is 448 g/mol. The first-order valence-corrected chi connectivity index (χ1v) is 11.8. The molecule has 0 radical (unpaired) electrons. The molecule has 3 N–H and O–H groups in total. The van der Waals surface area contributed by atoms with Crippen molar-refractivity contribution >= 4 is 21.8 Å². The number of benzene rings is 2. The smallest absolute Gasteiger partial charge is 0.254 e. The molecule has 2 amide bonds. The molecule has 0 spiro atoms. The molecule has 2 aromatic rings. The van der Waals surface area contributed by atoms with Gasteiger partial charge in [0.25, 0.3) is 5.91 Å². The normalized spacial score (nSPS) is 13.3. The third kappa shape index (κ3) is 6.35. The first-order chi connectivity index (χ1) is 14.9. The van der Waals surface area contributed by atoms with Gasteiger partial charge in [0.05, 0.1) is 10.5 Å². The summed E-state index contributed by atoms with van der Waals surface area (Å²) in [5.41, 5.74) is 2.21. The van der Waals surface area contributed by atoms with E-state index in [1.165, 1.54) is 23.8 Å². The van der Waals surface area contributed by atoms with E-state index < -0.39 is 21.7 Å². The highest BCUT2D eigenvalue weighted by molar-refractivity contribution is 7.89. The highest BCUT2D eigenvalue weighted by Crippen LogP contribution is 2.24. The number of rotatable bonds is 9. The highest BCUT2D eigenvalue weighted by atomic mass is 32.2. The zero-order valence-electron chi connectivity index (χ0n) is 17.1. The molecule has 0 aliphatic heterocycles. The van der Waals surface area contributed by atoms with Crippen LogP contribution in [-0.4, -0.2) is 39.9 Å². The average Bonchev–Trinajstić information content (AvgIpc) is 2.76. The number of nitrogens with one attached hydrogen (secondary N) is 3. The molecule has 0 heterocycles. The minimum Gasteiger partial charge on any atom is -0.354 e. The third-order valence-electron chi connectivity index (χ3n) is 5.13. The van der Waals surface area contributed by atoms with Crippen molar-refractivity contribution in [3.05, 3.63) is 65.0 Å². The standard InChI is InChI=1S/C22H26FN3O4S/c23-20-8-4-3-7-19(20)22(28)25-14-13-24-21(27)11-12-26-31(29,30)18-10-9-16-5-1-2-6-17(16)15-18/h3-4,7-10,15,26H,1-2,5-6,11-14H2,(H,24,27)(H,25,28). The van der Waals surface area contributed by atoms with Crippen molar-refractivity contribution in [3.8, 4) is 0 Å². The highest BCUT2D eigenvalue weighted by Gasteiger charge is 2.18. The Kier molecular flexibility index (Phi) is 7.75. The van der Waals surface area contributed by atoms with Crippen molar-refractivity contribution in [2.75, 3.05) is 19.6 Å². The van der Waals surface area contributed by atoms with Crippen molar-refractivity contribution in [3.63, 3.8) is 0 Å². The second-order valence-electron chi connectivity index (χ2n) is 7.37. The van der Waals surface area contributed by atoms with Crippen LogP contribution in [0.15, 0.2) is 47.4 Å². The van der Waals surface area contributed by atoms with Crippen LogP contribution in [0.5, 0.6) is 0 Å². The van der Waals surface area contributed by atoms with Crippen LogP contribution in [0.2, 0.25) is 0 Å². The molecule has 0 saturated heterocycles. The molecule has 0 saturated carbocycles. The Morgan fingerprint density at radius 3 is 2.39 bits per heavy atom. The molecule has 3 rings (SSSR count). The number of fused-ring (bicyclic) bond motifs is 1. The number of aryl methyl sites for hydroxylation is 2. The van der Waals surface area contributed by atoms with Gasteiger partial charge in [0.15, 0.2) is 0 Å². The van der Waals surface area contributed by atoms with Crippen LogP contribution in [0.1, 0.15) is 40.7 Å². The van der Waals surface area contributed by atoms with E-state index in [4.69, 9.17) is 0 Å². The molecule has 166 valence electrons. The Morgan fingerprint density at radius 1 is 0.903 bits per heavy atom. The topological polar surface area (TPSA) is 104 Å². The molecule has 1 aliphatic rings. The first-order valence-electron chi connectivity index (χ1n) is 10.3. The van der Waals surface area contributed by atoms with E-state index in [0.717, 1.165) is 31.2 Å². The van der Waals surface area contributed by atoms with Crippen LogP contribution in [0, 0.1) is 5.82 Å². The Balaban J connectivity index is 1.38. The quantitative estimate of drug-likeness (QED) is 0.511. The number of hydrogen-bond acceptors (Lipinski definition) is 4. The van der Waals surface area contributed by atoms with Gasteiger partial charge in [-0.3, -0.25) is 9.59 Å². The predicted molar refractivity (Wildman–Crippen MR) is 115 cm³/mol. The second-order valence-corrected chi connectivity index (χ2v) is 9.14. The molecule has 7 nitrogen and oxygen atoms in total. The third-order valence-corrected chi connectivity index (χ3v) is 6.58. The summed E-state index contributed by atoms with van der Waals surface area (Å²) >= 11 is 0. The molecule has 2 aromatic carbocycles. The van der Waals surface area contributed by atoms with E-state index in [2.05, 4.69) is 15.4 Å². The molecule has 0 fully saturated rings. The van der Waals surface area contributed by atoms with Crippen molar-refractivity contribution in [1.29, 1.82) is 0 Å². The molecule has 0 atom stereocenters. The first kappa shape index (κ1) is 22.9. The van der Waals surface area contributed by atoms with Gasteiger partial charge in [0.2, 0.25) is 15.9 Å². The fourth-order valence-corrected chi connectivity index (χ4v) is 4.55. The summed E-state index contributed by atoms with van der Waals surface area (Å²) in [7, 11) is -3.68. The minimum absolute atomic E-state index is 0.0349. The summed E-state index contributed by atoms with van der Waals surface area (Å²) in [4.78, 5) is 24.0. The molecular weight excluding hydrogens is 421 g/mol. The van der Waals surface area contributed by atoms with Crippen molar-refractivity contribution < 1.29 is 22.4 Å². The number of amides is 2. The lowest BCUT2D eigenvalue weighted by molar-refractivity contribution is -0.120. The van der Waals surface area contributed by atoms with E-state index in [-0.39, 0.29) is 42.4 Å². The SMILES string of the molecule is O=C(CCNS(=O)(=O)c1ccc2c(c1)CCCC2)NCCNC(=O)c1ccccc1F. The van der Waals surface area contributed by atoms with Gasteiger partial charge < -0.3 is 10.6 Å². The van der Waals surface area contributed by atoms with Crippen LogP contribution in [0.4, 0.5) is 4.39 Å². The molecule has 9 heteroatoms. The number of halogens is 1. The van der Waals surface area contributed by atoms with Crippen LogP contribution in [0.25, 0.3) is 0 Å². The lowest BCUT2D eigenvalue weighted by Gasteiger charge is -2.16. The van der Waals surface area contributed by atoms with Gasteiger partial charge in [-0.1, -0.05) is 18.2 Å². The minimum atomic E-state index is -3.68. The van der Waals surface area contributed by atoms with Crippen LogP contribution in [-0.2, 0) is 27.7 Å². The maximum Gasteiger partial charge on any atom is 0.254 e. The van der Waals surface area contributed by atoms with E-state index in [1.807, 2.05) is 6.07 Å². The van der Waals surface area contributed by atoms with Gasteiger partial charge in [0.1, 0.15) is 5.82 Å². The number of carbonyl (C=O) groups is 2. The molecule has 31 heavy (non-hydrogen) atoms. The zero-order chi connectivity index (χ0) is 22.3. The van der Waals surface area contributed by atoms with Gasteiger partial charge in [-0.2, -0.15) is 0 Å². The van der Waals surface area contributed by atoms with Gasteiger partial charge in [-0.25, -0.2) is 17.5 Å². The van der Waals surface area contributed by atoms with Crippen molar-refractivity contribution in [2.24, 2.45) is 0 Å². The van der Waals surface area contributed by atoms with Crippen LogP contribution in [0.3, 0.4) is 0 Å². The maximum absolute atomic E-state index is 13.5. The van der Waals surface area contributed by atoms with Crippen LogP contribution >= 0.6 is 0 Å². The lowest BCUT2D eigenvalue weighted by Crippen LogP contribution is -2.36. The van der Waals surface area contributed by atoms with E-state index >= 15 is 0 Å². The molecular formula is C22H26FN3O4S. The summed E-state index contributed by atoms with van der Waals surface area (Å²) in [6.07, 6.45) is 4.01. The molecule has 0 aromatic heterocycles. The van der Waals surface area contributed by atoms with E-state index in [9.17, 15) is 22.4 Å². The molecule has 1 aliphatic carbocycles. The Morgan fingerprint density at radius 2 is 1.61 bits per heavy atom. The predicted octanol–water partition coefficient (Wildman–Crippen LogP) is 1.92. The van der Waals surface area contributed by atoms with Crippen LogP contribution < -0.4 is 15.4 Å². The van der Waals surface area contributed by atoms with Gasteiger partial charge >= 0.3 is 0 Å². The number of sulfonamides is 1. The monoisotopic (exact) mass is 447 g/mol. The van der Waals surface area contributed by atoms with E-state index in [1.54, 1.807) is 18.2 Å². The summed E-state index contributed by atoms with van der Waals surface area (Å²) in [5.74, 6) is -1.53. The Labute approximate surface area is 181 Å². The maximum atomic E-state index is 13.5. The fourth-order valence-electron chi connectivity index (χ4n) is 3.47. The van der Waals surface area contributed by atoms with Crippen molar-refractivity contribution in [2.45, 2.75) is 37.0 Å². The van der Waals surface area contributed by atoms with Gasteiger partial charge in [-0.15, -0.1) is 0 Å². The summed E-state index contributed by atoms with van der Waals surface area (Å²) < 4.78 is 40.9. The largest absolute Gasteiger partial charge is 0.354 e. The fraction of sp³-hybridized carbons (Fsp3) is 0.364.